The zero-order chi connectivity index (χ0) is 54.6. The number of hydrogen-bond acceptors (Lipinski definition) is 2. The Hall–Kier alpha value is -9.76. The van der Waals surface area contributed by atoms with Gasteiger partial charge in [0, 0.05) is 34.1 Å². The van der Waals surface area contributed by atoms with Gasteiger partial charge in [-0.25, -0.2) is 0 Å². The van der Waals surface area contributed by atoms with E-state index in [-0.39, 0.29) is 29.7 Å². The highest BCUT2D eigenvalue weighted by Gasteiger charge is 2.52. The first-order chi connectivity index (χ1) is 39.8. The monoisotopic (exact) mass is 971 g/mol. The summed E-state index contributed by atoms with van der Waals surface area (Å²) >= 11 is 0. The van der Waals surface area contributed by atoms with Crippen molar-refractivity contribution in [3.05, 3.63) is 348 Å². The van der Waals surface area contributed by atoms with Crippen LogP contribution in [0.25, 0.3) is 44.5 Å². The van der Waals surface area contributed by atoms with E-state index in [1.807, 2.05) is 18.2 Å². The summed E-state index contributed by atoms with van der Waals surface area (Å²) in [7, 11) is 0. The van der Waals surface area contributed by atoms with Crippen molar-refractivity contribution in [3.63, 3.8) is 0 Å². The number of benzene rings is 12. The summed E-state index contributed by atoms with van der Waals surface area (Å²) in [6.07, 6.45) is 0. The largest absolute Gasteiger partial charge is 0.310 e. The third-order valence-corrected chi connectivity index (χ3v) is 16.2. The van der Waals surface area contributed by atoms with Crippen LogP contribution in [-0.2, 0) is 10.8 Å². The molecule has 1 spiro atoms. The Balaban J connectivity index is 1.00. The van der Waals surface area contributed by atoms with E-state index in [0.717, 1.165) is 67.5 Å². The van der Waals surface area contributed by atoms with Gasteiger partial charge in [0.2, 0.25) is 0 Å². The van der Waals surface area contributed by atoms with E-state index in [2.05, 4.69) is 265 Å². The van der Waals surface area contributed by atoms with Crippen LogP contribution in [0.15, 0.2) is 303 Å². The van der Waals surface area contributed by atoms with Gasteiger partial charge in [-0.15, -0.1) is 0 Å². The quantitative estimate of drug-likeness (QED) is 0.142. The van der Waals surface area contributed by atoms with Crippen molar-refractivity contribution < 1.29 is 6.85 Å². The fourth-order valence-electron chi connectivity index (χ4n) is 13.2. The van der Waals surface area contributed by atoms with E-state index < -0.39 is 16.9 Å². The number of anilines is 6. The molecule has 0 heterocycles. The minimum Gasteiger partial charge on any atom is -0.310 e. The van der Waals surface area contributed by atoms with Crippen LogP contribution in [0, 0.1) is 0 Å². The van der Waals surface area contributed by atoms with Gasteiger partial charge in [0.15, 0.2) is 0 Å². The summed E-state index contributed by atoms with van der Waals surface area (Å²) < 4.78 is 44.2. The Kier molecular flexibility index (Phi) is 8.91. The van der Waals surface area contributed by atoms with E-state index >= 15 is 0 Å². The molecule has 12 aromatic carbocycles. The Morgan fingerprint density at radius 3 is 1.04 bits per heavy atom. The third-order valence-electron chi connectivity index (χ3n) is 16.2. The molecular weight excluding hydrogens is 917 g/mol. The van der Waals surface area contributed by atoms with Gasteiger partial charge < -0.3 is 9.80 Å². The van der Waals surface area contributed by atoms with Gasteiger partial charge >= 0.3 is 0 Å². The summed E-state index contributed by atoms with van der Waals surface area (Å²) in [6.45, 7) is 0. The lowest BCUT2D eigenvalue weighted by Crippen LogP contribution is -2.28. The van der Waals surface area contributed by atoms with Crippen LogP contribution in [0.3, 0.4) is 0 Å². The fourth-order valence-corrected chi connectivity index (χ4v) is 13.2. The van der Waals surface area contributed by atoms with Crippen molar-refractivity contribution in [1.29, 1.82) is 0 Å². The minimum absolute atomic E-state index is 0.151. The second kappa shape index (κ2) is 17.4. The van der Waals surface area contributed by atoms with Gasteiger partial charge in [0.1, 0.15) is 0 Å². The smallest absolute Gasteiger partial charge is 0.0727 e. The number of nitrogens with zero attached hydrogens (tertiary/aromatic N) is 2. The zero-order valence-electron chi connectivity index (χ0n) is 46.4. The maximum atomic E-state index is 9.14. The van der Waals surface area contributed by atoms with Crippen LogP contribution in [0.4, 0.5) is 34.1 Å². The lowest BCUT2D eigenvalue weighted by atomic mass is 9.67. The summed E-state index contributed by atoms with van der Waals surface area (Å²) in [5.41, 5.74) is 21.4. The van der Waals surface area contributed by atoms with Gasteiger partial charge in [0.05, 0.1) is 17.7 Å². The van der Waals surface area contributed by atoms with Crippen LogP contribution in [0.5, 0.6) is 0 Å². The van der Waals surface area contributed by atoms with Crippen LogP contribution in [0.2, 0.25) is 0 Å². The summed E-state index contributed by atoms with van der Waals surface area (Å²) in [4.78, 5) is 4.64. The summed E-state index contributed by atoms with van der Waals surface area (Å²) in [5, 5.41) is 0. The van der Waals surface area contributed by atoms with E-state index in [4.69, 9.17) is 6.85 Å². The minimum atomic E-state index is -0.737. The molecule has 3 aliphatic rings. The molecule has 0 fully saturated rings. The first-order valence-electron chi connectivity index (χ1n) is 28.5. The van der Waals surface area contributed by atoms with E-state index in [0.29, 0.717) is 5.56 Å². The zero-order valence-corrected chi connectivity index (χ0v) is 41.4. The predicted octanol–water partition coefficient (Wildman–Crippen LogP) is 19.0. The first kappa shape index (κ1) is 38.8. The number of rotatable bonds is 9. The molecule has 0 saturated heterocycles. The normalized spacial score (nSPS) is 15.7. The van der Waals surface area contributed by atoms with Crippen LogP contribution < -0.4 is 9.80 Å². The van der Waals surface area contributed by atoms with Crippen molar-refractivity contribution in [2.45, 2.75) is 10.8 Å². The molecule has 3 aliphatic carbocycles. The summed E-state index contributed by atoms with van der Waals surface area (Å²) in [6, 6.07) is 96.2. The number of fused-ring (bicyclic) bond motifs is 13. The molecule has 0 N–H and O–H groups in total. The molecule has 76 heavy (non-hydrogen) atoms. The predicted molar refractivity (Wildman–Crippen MR) is 315 cm³/mol. The molecule has 0 aromatic heterocycles. The second-order valence-electron chi connectivity index (χ2n) is 20.0. The molecular formula is C74H50N2. The van der Waals surface area contributed by atoms with Gasteiger partial charge in [-0.3, -0.25) is 0 Å². The number of para-hydroxylation sites is 2. The van der Waals surface area contributed by atoms with Crippen LogP contribution in [0.1, 0.15) is 51.4 Å². The van der Waals surface area contributed by atoms with Gasteiger partial charge in [-0.2, -0.15) is 0 Å². The van der Waals surface area contributed by atoms with E-state index in [1.54, 1.807) is 0 Å². The van der Waals surface area contributed by atoms with Crippen molar-refractivity contribution in [1.82, 2.24) is 0 Å². The van der Waals surface area contributed by atoms with Crippen LogP contribution in [-0.4, -0.2) is 0 Å². The molecule has 12 aromatic rings. The Morgan fingerprint density at radius 2 is 0.579 bits per heavy atom. The highest BCUT2D eigenvalue weighted by molar-refractivity contribution is 5.98. The Morgan fingerprint density at radius 1 is 0.237 bits per heavy atom. The lowest BCUT2D eigenvalue weighted by molar-refractivity contribution is 0.768. The summed E-state index contributed by atoms with van der Waals surface area (Å²) in [5.74, 6) is 0. The third kappa shape index (κ3) is 6.41. The van der Waals surface area contributed by atoms with Crippen LogP contribution >= 0.6 is 0 Å². The average Bonchev–Trinajstić information content (AvgIpc) is 2.26. The lowest BCUT2D eigenvalue weighted by Gasteiger charge is -2.35. The standard InChI is InChI=1S/C74H50N2/c1-6-23-51(24-7-1)52-25-22-34-57(47-52)76(59-42-44-64-61-35-16-19-38-67(61)73(70(64)48-59,53-26-8-2-9-27-53)54-28-10-3-11-29-54)60-43-46-66-63-37-18-21-40-69(63)74(72(66)50-60)68-39-20-17-36-62(68)65-45-41-58(49-71(65)74)75(55-30-12-4-13-31-55)56-32-14-5-15-33-56/h1-50H/i1D,6D,7D,23D,24D. The highest BCUT2D eigenvalue weighted by Crippen LogP contribution is 2.64. The molecule has 2 nitrogen and oxygen atoms in total. The molecule has 0 bridgehead atoms. The van der Waals surface area contributed by atoms with Crippen molar-refractivity contribution in [3.8, 4) is 44.5 Å². The molecule has 0 saturated carbocycles. The molecule has 0 aliphatic heterocycles. The van der Waals surface area contributed by atoms with Crippen molar-refractivity contribution in [2.75, 3.05) is 9.80 Å². The highest BCUT2D eigenvalue weighted by atomic mass is 15.1. The fraction of sp³-hybridized carbons (Fsp3) is 0.0270. The second-order valence-corrected chi connectivity index (χ2v) is 20.0. The number of hydrogen-bond donors (Lipinski definition) is 0. The average molecular weight is 972 g/mol. The van der Waals surface area contributed by atoms with Gasteiger partial charge in [0.25, 0.3) is 0 Å². The van der Waals surface area contributed by atoms with Gasteiger partial charge in [-0.1, -0.05) is 230 Å². The first-order valence-corrected chi connectivity index (χ1v) is 26.0. The molecule has 2 heteroatoms. The van der Waals surface area contributed by atoms with Crippen molar-refractivity contribution in [2.24, 2.45) is 0 Å². The topological polar surface area (TPSA) is 6.48 Å². The molecule has 1 atom stereocenters. The SMILES string of the molecule is [2H]c1c([2H])c([2H])c(-c2cccc(N(c3ccc4c(c3)C(c3ccccc3)(c3ccccc3)c3ccccc3-4)c3ccc4c(c3)C3(c5ccccc5-c5ccc(N(c6ccccc6)c6ccccc6)cc53)c3ccccc3-4)c2)c([2H])c1[2H]. The van der Waals surface area contributed by atoms with Crippen molar-refractivity contribution >= 4 is 34.1 Å². The molecule has 15 rings (SSSR count). The molecule has 1 unspecified atom stereocenters. The Bertz CT molecular complexity index is 4370. The molecule has 356 valence electrons. The van der Waals surface area contributed by atoms with E-state index in [9.17, 15) is 0 Å². The van der Waals surface area contributed by atoms with E-state index in [1.165, 1.54) is 44.5 Å². The maximum absolute atomic E-state index is 9.14. The Labute approximate surface area is 451 Å². The van der Waals surface area contributed by atoms with Gasteiger partial charge in [-0.05, 0) is 162 Å². The molecule has 0 amide bonds. The maximum Gasteiger partial charge on any atom is 0.0727 e. The molecule has 0 radical (unpaired) electrons.